The number of carbonyl (C=O) groups is 1. The quantitative estimate of drug-likeness (QED) is 0.203. The van der Waals surface area contributed by atoms with Crippen molar-refractivity contribution in [3.63, 3.8) is 0 Å². The second-order valence-corrected chi connectivity index (χ2v) is 4.71. The van der Waals surface area contributed by atoms with Gasteiger partial charge in [-0.1, -0.05) is 18.2 Å². The summed E-state index contributed by atoms with van der Waals surface area (Å²) in [6.45, 7) is 1.23. The maximum atomic E-state index is 11.5. The lowest BCUT2D eigenvalue weighted by Crippen LogP contribution is -2.30. The van der Waals surface area contributed by atoms with E-state index in [-0.39, 0.29) is 18.7 Å². The first kappa shape index (κ1) is 18.8. The number of benzene rings is 1. The van der Waals surface area contributed by atoms with Gasteiger partial charge in [0.1, 0.15) is 18.5 Å². The Hall–Kier alpha value is -2.21. The molecular formula is C16H22N2O5. The first-order valence-corrected chi connectivity index (χ1v) is 7.28. The minimum absolute atomic E-state index is 0.0863. The number of nitrogens with zero attached hydrogens (tertiary/aromatic N) is 2. The summed E-state index contributed by atoms with van der Waals surface area (Å²) in [6.07, 6.45) is 0.350. The van der Waals surface area contributed by atoms with Crippen molar-refractivity contribution in [2.45, 2.75) is 18.9 Å². The van der Waals surface area contributed by atoms with Gasteiger partial charge in [-0.25, -0.2) is 4.79 Å². The molecule has 1 aromatic rings. The van der Waals surface area contributed by atoms with Crippen LogP contribution in [0.15, 0.2) is 30.3 Å². The van der Waals surface area contributed by atoms with Crippen molar-refractivity contribution >= 4 is 11.7 Å². The van der Waals surface area contributed by atoms with Gasteiger partial charge in [-0.15, -0.1) is 0 Å². The minimum Gasteiger partial charge on any atom is -0.491 e. The number of hydrogen-bond acceptors (Lipinski definition) is 5. The molecule has 0 spiro atoms. The van der Waals surface area contributed by atoms with Crippen LogP contribution >= 0.6 is 0 Å². The van der Waals surface area contributed by atoms with Crippen LogP contribution in [0.4, 0.5) is 0 Å². The van der Waals surface area contributed by atoms with Crippen LogP contribution in [0.2, 0.25) is 0 Å². The van der Waals surface area contributed by atoms with Crippen molar-refractivity contribution in [2.24, 2.45) is 0 Å². The van der Waals surface area contributed by atoms with Crippen LogP contribution in [0.5, 0.6) is 5.75 Å². The maximum absolute atomic E-state index is 11.5. The molecule has 0 saturated heterocycles. The van der Waals surface area contributed by atoms with E-state index in [9.17, 15) is 4.79 Å². The van der Waals surface area contributed by atoms with Gasteiger partial charge in [-0.05, 0) is 18.6 Å². The molecule has 0 N–H and O–H groups in total. The van der Waals surface area contributed by atoms with Crippen LogP contribution < -0.4 is 4.74 Å². The first-order chi connectivity index (χ1) is 11.2. The summed E-state index contributed by atoms with van der Waals surface area (Å²) >= 11 is 0. The number of rotatable bonds is 11. The van der Waals surface area contributed by atoms with Gasteiger partial charge in [0, 0.05) is 20.3 Å². The fraction of sp³-hybridized carbons (Fsp3) is 0.500. The molecule has 1 atom stereocenters. The van der Waals surface area contributed by atoms with E-state index in [1.54, 1.807) is 7.11 Å². The highest BCUT2D eigenvalue weighted by atomic mass is 16.5. The van der Waals surface area contributed by atoms with Gasteiger partial charge < -0.3 is 24.5 Å². The van der Waals surface area contributed by atoms with Crippen molar-refractivity contribution in [1.29, 1.82) is 0 Å². The second-order valence-electron chi connectivity index (χ2n) is 4.71. The van der Waals surface area contributed by atoms with E-state index in [0.29, 0.717) is 25.4 Å². The minimum atomic E-state index is -0.697. The molecule has 0 aliphatic rings. The zero-order chi connectivity index (χ0) is 16.9. The van der Waals surface area contributed by atoms with Crippen LogP contribution in [-0.4, -0.2) is 56.6 Å². The Bertz CT molecular complexity index is 514. The third-order valence-electron chi connectivity index (χ3n) is 2.99. The van der Waals surface area contributed by atoms with Gasteiger partial charge >= 0.3 is 11.7 Å². The van der Waals surface area contributed by atoms with Crippen molar-refractivity contribution in [2.75, 3.05) is 34.0 Å². The Balaban J connectivity index is 2.60. The molecule has 0 bridgehead atoms. The highest BCUT2D eigenvalue weighted by molar-refractivity contribution is 6.33. The average Bonchev–Trinajstić information content (AvgIpc) is 2.60. The van der Waals surface area contributed by atoms with Crippen molar-refractivity contribution in [3.05, 3.63) is 35.9 Å². The molecule has 1 unspecified atom stereocenters. The van der Waals surface area contributed by atoms with Crippen LogP contribution in [0.25, 0.3) is 5.53 Å². The molecule has 7 heteroatoms. The predicted molar refractivity (Wildman–Crippen MR) is 83.4 cm³/mol. The fourth-order valence-electron chi connectivity index (χ4n) is 1.82. The molecule has 1 aromatic carbocycles. The molecule has 7 nitrogen and oxygen atoms in total. The van der Waals surface area contributed by atoms with E-state index >= 15 is 0 Å². The summed E-state index contributed by atoms with van der Waals surface area (Å²) < 4.78 is 20.9. The Kier molecular flexibility index (Phi) is 9.31. The van der Waals surface area contributed by atoms with E-state index < -0.39 is 12.1 Å². The smallest absolute Gasteiger partial charge is 0.416 e. The molecule has 0 aliphatic carbocycles. The number of ether oxygens (including phenoxy) is 4. The molecule has 0 heterocycles. The summed E-state index contributed by atoms with van der Waals surface area (Å²) in [5.74, 6) is -0.00347. The Morgan fingerprint density at radius 1 is 1.22 bits per heavy atom. The lowest BCUT2D eigenvalue weighted by molar-refractivity contribution is -0.138. The largest absolute Gasteiger partial charge is 0.491 e. The summed E-state index contributed by atoms with van der Waals surface area (Å²) in [6, 6.07) is 9.25. The molecule has 0 aliphatic heterocycles. The summed E-state index contributed by atoms with van der Waals surface area (Å²) in [5, 5.41) is 0. The van der Waals surface area contributed by atoms with Gasteiger partial charge in [0.05, 0.1) is 13.5 Å². The molecule has 0 amide bonds. The summed E-state index contributed by atoms with van der Waals surface area (Å²) in [7, 11) is 2.84. The highest BCUT2D eigenvalue weighted by Gasteiger charge is 2.27. The third kappa shape index (κ3) is 7.56. The maximum Gasteiger partial charge on any atom is 0.416 e. The molecule has 0 saturated carbocycles. The topological polar surface area (TPSA) is 90.4 Å². The molecular weight excluding hydrogens is 300 g/mol. The monoisotopic (exact) mass is 322 g/mol. The van der Waals surface area contributed by atoms with Gasteiger partial charge in [-0.2, -0.15) is 4.79 Å². The molecule has 126 valence electrons. The zero-order valence-corrected chi connectivity index (χ0v) is 13.4. The number of esters is 1. The number of hydrogen-bond donors (Lipinski definition) is 0. The van der Waals surface area contributed by atoms with Gasteiger partial charge in [0.15, 0.2) is 0 Å². The number of para-hydroxylation sites is 1. The van der Waals surface area contributed by atoms with Crippen LogP contribution in [-0.2, 0) is 19.0 Å². The third-order valence-corrected chi connectivity index (χ3v) is 2.99. The van der Waals surface area contributed by atoms with Crippen molar-refractivity contribution < 1.29 is 28.5 Å². The van der Waals surface area contributed by atoms with Gasteiger partial charge in [-0.3, -0.25) is 0 Å². The Morgan fingerprint density at radius 3 is 2.57 bits per heavy atom. The molecule has 1 rings (SSSR count). The number of carbonyl (C=O) groups excluding carboxylic acids is 1. The van der Waals surface area contributed by atoms with Crippen LogP contribution in [0.1, 0.15) is 12.8 Å². The lowest BCUT2D eigenvalue weighted by Gasteiger charge is -2.16. The first-order valence-electron chi connectivity index (χ1n) is 7.28. The highest BCUT2D eigenvalue weighted by Crippen LogP contribution is 2.11. The lowest BCUT2D eigenvalue weighted by atomic mass is 10.2. The molecule has 0 aromatic heterocycles. The second kappa shape index (κ2) is 11.4. The Labute approximate surface area is 135 Å². The normalized spacial score (nSPS) is 11.4. The summed E-state index contributed by atoms with van der Waals surface area (Å²) in [5.41, 5.74) is 8.83. The SMILES string of the molecule is COCCCOC(COc1ccccc1)CC(=[N+]=[N-])C(=O)OC. The van der Waals surface area contributed by atoms with Crippen molar-refractivity contribution in [3.8, 4) is 5.75 Å². The number of methoxy groups -OCH3 is 2. The van der Waals surface area contributed by atoms with Gasteiger partial charge in [0.2, 0.25) is 0 Å². The average molecular weight is 322 g/mol. The van der Waals surface area contributed by atoms with E-state index in [1.807, 2.05) is 30.3 Å². The Morgan fingerprint density at radius 2 is 1.96 bits per heavy atom. The van der Waals surface area contributed by atoms with E-state index in [2.05, 4.69) is 9.53 Å². The van der Waals surface area contributed by atoms with Crippen LogP contribution in [0, 0.1) is 0 Å². The van der Waals surface area contributed by atoms with E-state index in [0.717, 1.165) is 0 Å². The van der Waals surface area contributed by atoms with Gasteiger partial charge in [0.25, 0.3) is 0 Å². The van der Waals surface area contributed by atoms with Crippen LogP contribution in [0.3, 0.4) is 0 Å². The zero-order valence-electron chi connectivity index (χ0n) is 13.4. The van der Waals surface area contributed by atoms with E-state index in [4.69, 9.17) is 19.7 Å². The molecule has 23 heavy (non-hydrogen) atoms. The van der Waals surface area contributed by atoms with E-state index in [1.165, 1.54) is 7.11 Å². The predicted octanol–water partition coefficient (Wildman–Crippen LogP) is 1.72. The standard InChI is InChI=1S/C16H22N2O5/c1-20-9-6-10-22-14(11-15(18-17)16(19)21-2)12-23-13-7-4-3-5-8-13/h3-5,7-8,14H,6,9-12H2,1-2H3. The summed E-state index contributed by atoms with van der Waals surface area (Å²) in [4.78, 5) is 14.5. The fourth-order valence-corrected chi connectivity index (χ4v) is 1.82. The van der Waals surface area contributed by atoms with Crippen molar-refractivity contribution in [1.82, 2.24) is 0 Å². The molecule has 0 radical (unpaired) electrons. The molecule has 0 fully saturated rings.